The molecule has 1 fully saturated rings. The molecule has 1 aromatic rings. The summed E-state index contributed by atoms with van der Waals surface area (Å²) in [4.78, 5) is 12.2. The van der Waals surface area contributed by atoms with Crippen LogP contribution in [0.2, 0.25) is 0 Å². The van der Waals surface area contributed by atoms with Crippen molar-refractivity contribution in [3.8, 4) is 11.5 Å². The van der Waals surface area contributed by atoms with E-state index in [-0.39, 0.29) is 36.2 Å². The van der Waals surface area contributed by atoms with Crippen LogP contribution in [0.25, 0.3) is 0 Å². The smallest absolute Gasteiger partial charge is 0.407 e. The zero-order chi connectivity index (χ0) is 21.3. The van der Waals surface area contributed by atoms with E-state index in [1.807, 2.05) is 12.1 Å². The van der Waals surface area contributed by atoms with E-state index < -0.39 is 0 Å². The van der Waals surface area contributed by atoms with Crippen LogP contribution in [0.1, 0.15) is 52.2 Å². The Morgan fingerprint density at radius 3 is 2.87 bits per heavy atom. The molecule has 1 N–H and O–H groups in total. The molecular weight excluding hydrogens is 382 g/mol. The summed E-state index contributed by atoms with van der Waals surface area (Å²) in [5.41, 5.74) is 2.21. The highest BCUT2D eigenvalue weighted by Gasteiger charge is 2.54. The lowest BCUT2D eigenvalue weighted by atomic mass is 9.56. The summed E-state index contributed by atoms with van der Waals surface area (Å²) in [6, 6.07) is 6.07. The van der Waals surface area contributed by atoms with E-state index in [0.29, 0.717) is 25.7 Å². The predicted molar refractivity (Wildman–Crippen MR) is 114 cm³/mol. The van der Waals surface area contributed by atoms with Gasteiger partial charge in [0.1, 0.15) is 6.61 Å². The number of unbranched alkanes of at least 4 members (excludes halogenated alkanes) is 1. The van der Waals surface area contributed by atoms with Crippen LogP contribution < -0.4 is 14.8 Å². The van der Waals surface area contributed by atoms with Crippen molar-refractivity contribution < 1.29 is 23.7 Å². The molecule has 2 bridgehead atoms. The molecule has 2 heterocycles. The Morgan fingerprint density at radius 2 is 2.07 bits per heavy atom. The van der Waals surface area contributed by atoms with Gasteiger partial charge in [-0.2, -0.15) is 0 Å². The highest BCUT2D eigenvalue weighted by Crippen LogP contribution is 2.56. The Balaban J connectivity index is 1.52. The van der Waals surface area contributed by atoms with Crippen LogP contribution in [0.5, 0.6) is 11.5 Å². The molecule has 3 aliphatic rings. The molecule has 5 atom stereocenters. The number of allylic oxidation sites excluding steroid dienone is 1. The van der Waals surface area contributed by atoms with Gasteiger partial charge in [-0.1, -0.05) is 44.9 Å². The first-order valence-electron chi connectivity index (χ1n) is 11.1. The number of hydrogen-bond donors (Lipinski definition) is 1. The predicted octanol–water partition coefficient (Wildman–Crippen LogP) is 4.85. The van der Waals surface area contributed by atoms with Gasteiger partial charge in [0.25, 0.3) is 0 Å². The quantitative estimate of drug-likeness (QED) is 0.532. The van der Waals surface area contributed by atoms with Gasteiger partial charge < -0.3 is 24.3 Å². The first kappa shape index (κ1) is 21.0. The Bertz CT molecular complexity index is 822. The van der Waals surface area contributed by atoms with E-state index >= 15 is 0 Å². The van der Waals surface area contributed by atoms with Crippen LogP contribution in [-0.2, 0) is 9.47 Å². The molecule has 2 aliphatic heterocycles. The van der Waals surface area contributed by atoms with Gasteiger partial charge in [-0.3, -0.25) is 0 Å². The van der Waals surface area contributed by atoms with Crippen LogP contribution in [-0.4, -0.2) is 32.6 Å². The lowest BCUT2D eigenvalue weighted by molar-refractivity contribution is -0.165. The van der Waals surface area contributed by atoms with Crippen LogP contribution in [0.4, 0.5) is 4.79 Å². The lowest BCUT2D eigenvalue weighted by Crippen LogP contribution is -2.54. The van der Waals surface area contributed by atoms with Gasteiger partial charge in [0.15, 0.2) is 11.5 Å². The van der Waals surface area contributed by atoms with E-state index in [1.165, 1.54) is 5.57 Å². The fraction of sp³-hybridized carbons (Fsp3) is 0.625. The number of rotatable bonds is 6. The fourth-order valence-corrected chi connectivity index (χ4v) is 5.27. The van der Waals surface area contributed by atoms with Crippen LogP contribution in [0, 0.1) is 23.2 Å². The zero-order valence-corrected chi connectivity index (χ0v) is 18.4. The van der Waals surface area contributed by atoms with Crippen molar-refractivity contribution in [1.29, 1.82) is 0 Å². The number of ether oxygens (including phenoxy) is 4. The van der Waals surface area contributed by atoms with Crippen molar-refractivity contribution in [3.05, 3.63) is 35.4 Å². The van der Waals surface area contributed by atoms with Crippen molar-refractivity contribution in [1.82, 2.24) is 5.32 Å². The van der Waals surface area contributed by atoms with Crippen molar-refractivity contribution >= 4 is 6.09 Å². The van der Waals surface area contributed by atoms with Crippen LogP contribution >= 0.6 is 0 Å². The number of fused-ring (bicyclic) bond motifs is 3. The van der Waals surface area contributed by atoms with Gasteiger partial charge in [0, 0.05) is 17.9 Å². The second-order valence-corrected chi connectivity index (χ2v) is 8.95. The molecule has 4 rings (SSSR count). The first-order valence-corrected chi connectivity index (χ1v) is 11.1. The third-order valence-corrected chi connectivity index (χ3v) is 7.25. The Kier molecular flexibility index (Phi) is 5.96. The number of amides is 1. The molecule has 164 valence electrons. The molecular formula is C24H33NO5. The van der Waals surface area contributed by atoms with Crippen molar-refractivity contribution in [3.63, 3.8) is 0 Å². The SMILES string of the molecule is CCCCNC(=O)OC[C@]12CO[C@H](c3ccc4c(c3)OCO4)[C@@H](C(C)=C[C@@H]1C)[C@H]2C. The minimum absolute atomic E-state index is 0.0512. The van der Waals surface area contributed by atoms with Crippen molar-refractivity contribution in [2.75, 3.05) is 26.6 Å². The monoisotopic (exact) mass is 415 g/mol. The average Bonchev–Trinajstić information content (AvgIpc) is 3.19. The summed E-state index contributed by atoms with van der Waals surface area (Å²) in [6.07, 6.45) is 3.95. The summed E-state index contributed by atoms with van der Waals surface area (Å²) in [5.74, 6) is 2.36. The molecule has 0 saturated carbocycles. The molecule has 30 heavy (non-hydrogen) atoms. The second-order valence-electron chi connectivity index (χ2n) is 8.95. The topological polar surface area (TPSA) is 66.0 Å². The highest BCUT2D eigenvalue weighted by molar-refractivity contribution is 5.67. The fourth-order valence-electron chi connectivity index (χ4n) is 5.27. The van der Waals surface area contributed by atoms with Crippen LogP contribution in [0.15, 0.2) is 29.8 Å². The molecule has 0 spiro atoms. The van der Waals surface area contributed by atoms with E-state index in [0.717, 1.165) is 29.9 Å². The zero-order valence-electron chi connectivity index (χ0n) is 18.4. The summed E-state index contributed by atoms with van der Waals surface area (Å²) in [5, 5.41) is 2.85. The Morgan fingerprint density at radius 1 is 1.27 bits per heavy atom. The van der Waals surface area contributed by atoms with Crippen molar-refractivity contribution in [2.45, 2.75) is 46.6 Å². The summed E-state index contributed by atoms with van der Waals surface area (Å²) in [6.45, 7) is 10.6. The van der Waals surface area contributed by atoms with Crippen LogP contribution in [0.3, 0.4) is 0 Å². The van der Waals surface area contributed by atoms with E-state index in [9.17, 15) is 4.79 Å². The number of alkyl carbamates (subject to hydrolysis) is 1. The van der Waals surface area contributed by atoms with E-state index in [4.69, 9.17) is 18.9 Å². The summed E-state index contributed by atoms with van der Waals surface area (Å²) < 4.78 is 23.2. The molecule has 0 radical (unpaired) electrons. The largest absolute Gasteiger partial charge is 0.454 e. The average molecular weight is 416 g/mol. The molecule has 6 heteroatoms. The highest BCUT2D eigenvalue weighted by atomic mass is 16.7. The van der Waals surface area contributed by atoms with Gasteiger partial charge in [-0.15, -0.1) is 0 Å². The third-order valence-electron chi connectivity index (χ3n) is 7.25. The normalized spacial score (nSPS) is 31.8. The number of hydrogen-bond acceptors (Lipinski definition) is 5. The Hall–Kier alpha value is -2.21. The number of nitrogens with one attached hydrogen (secondary N) is 1. The Labute approximate surface area is 178 Å². The molecule has 0 unspecified atom stereocenters. The van der Waals surface area contributed by atoms with Gasteiger partial charge in [-0.05, 0) is 42.9 Å². The summed E-state index contributed by atoms with van der Waals surface area (Å²) in [7, 11) is 0. The number of benzene rings is 1. The minimum atomic E-state index is -0.335. The maximum Gasteiger partial charge on any atom is 0.407 e. The molecule has 0 aromatic heterocycles. The third kappa shape index (κ3) is 3.66. The van der Waals surface area contributed by atoms with E-state index in [1.54, 1.807) is 0 Å². The number of carbonyl (C=O) groups is 1. The molecule has 1 aliphatic carbocycles. The van der Waals surface area contributed by atoms with Crippen molar-refractivity contribution in [2.24, 2.45) is 23.2 Å². The number of carbonyl (C=O) groups excluding carboxylic acids is 1. The lowest BCUT2D eigenvalue weighted by Gasteiger charge is -2.55. The first-order chi connectivity index (χ1) is 14.5. The van der Waals surface area contributed by atoms with Gasteiger partial charge in [0.2, 0.25) is 6.79 Å². The summed E-state index contributed by atoms with van der Waals surface area (Å²) >= 11 is 0. The maximum absolute atomic E-state index is 12.2. The molecule has 1 amide bonds. The minimum Gasteiger partial charge on any atom is -0.454 e. The van der Waals surface area contributed by atoms with Gasteiger partial charge in [0.05, 0.1) is 12.7 Å². The maximum atomic E-state index is 12.2. The molecule has 6 nitrogen and oxygen atoms in total. The standard InChI is InChI=1S/C24H33NO5/c1-5-6-9-25-23(26)28-13-24-12-27-22(21(17(24)4)15(2)10-16(24)3)18-7-8-19-20(11-18)30-14-29-19/h7-8,10-11,16-17,21-22H,5-6,9,12-14H2,1-4H3,(H,25,26)/t16-,17+,21-,22+,24+/m0/s1. The van der Waals surface area contributed by atoms with Gasteiger partial charge >= 0.3 is 6.09 Å². The molecule has 1 saturated heterocycles. The van der Waals surface area contributed by atoms with Gasteiger partial charge in [-0.25, -0.2) is 4.79 Å². The van der Waals surface area contributed by atoms with E-state index in [2.05, 4.69) is 45.2 Å². The second kappa shape index (κ2) is 8.50. The molecule has 1 aromatic carbocycles.